The summed E-state index contributed by atoms with van der Waals surface area (Å²) in [5.41, 5.74) is 4.67. The first-order valence-corrected chi connectivity index (χ1v) is 4.56. The highest BCUT2D eigenvalue weighted by atomic mass is 32.2. The van der Waals surface area contributed by atoms with Crippen LogP contribution in [0.25, 0.3) is 0 Å². The number of hydrogen-bond acceptors (Lipinski definition) is 4. The minimum atomic E-state index is -0.914. The fourth-order valence-electron chi connectivity index (χ4n) is 0.498. The standard InChI is InChI=1S/C6H10N2O4S/c7-6(12)8-4(9)3-13-2-1-5(10)11/h1-3H2,(H,10,11)(H3,7,8,9,12). The Kier molecular flexibility index (Phi) is 5.69. The summed E-state index contributed by atoms with van der Waals surface area (Å²) in [6.45, 7) is 0. The summed E-state index contributed by atoms with van der Waals surface area (Å²) >= 11 is 1.13. The normalized spacial score (nSPS) is 9.23. The summed E-state index contributed by atoms with van der Waals surface area (Å²) in [6.07, 6.45) is -0.00544. The Morgan fingerprint density at radius 3 is 2.46 bits per heavy atom. The van der Waals surface area contributed by atoms with E-state index >= 15 is 0 Å². The number of nitrogens with one attached hydrogen (secondary N) is 1. The average Bonchev–Trinajstić information content (AvgIpc) is 1.96. The maximum Gasteiger partial charge on any atom is 0.318 e. The van der Waals surface area contributed by atoms with Crippen LogP contribution in [0.15, 0.2) is 0 Å². The summed E-state index contributed by atoms with van der Waals surface area (Å²) in [5, 5.41) is 10.1. The number of primary amides is 1. The zero-order valence-electron chi connectivity index (χ0n) is 6.78. The Balaban J connectivity index is 3.37. The molecule has 7 heteroatoms. The van der Waals surface area contributed by atoms with E-state index in [1.54, 1.807) is 0 Å². The van der Waals surface area contributed by atoms with Crippen molar-refractivity contribution in [3.8, 4) is 0 Å². The van der Waals surface area contributed by atoms with Gasteiger partial charge in [0, 0.05) is 5.75 Å². The molecule has 0 unspecified atom stereocenters. The van der Waals surface area contributed by atoms with Crippen LogP contribution in [0.2, 0.25) is 0 Å². The van der Waals surface area contributed by atoms with E-state index in [4.69, 9.17) is 5.11 Å². The first-order valence-electron chi connectivity index (χ1n) is 3.41. The number of carbonyl (C=O) groups is 3. The van der Waals surface area contributed by atoms with Gasteiger partial charge >= 0.3 is 12.0 Å². The molecule has 0 spiro atoms. The number of imide groups is 1. The number of thioether (sulfide) groups is 1. The van der Waals surface area contributed by atoms with Crippen LogP contribution in [0.3, 0.4) is 0 Å². The topological polar surface area (TPSA) is 109 Å². The molecule has 0 aliphatic heterocycles. The predicted molar refractivity (Wildman–Crippen MR) is 47.3 cm³/mol. The SMILES string of the molecule is NC(=O)NC(=O)CSCCC(=O)O. The van der Waals surface area contributed by atoms with Crippen molar-refractivity contribution in [1.82, 2.24) is 5.32 Å². The molecule has 4 N–H and O–H groups in total. The van der Waals surface area contributed by atoms with E-state index in [0.717, 1.165) is 11.8 Å². The van der Waals surface area contributed by atoms with Crippen molar-refractivity contribution in [1.29, 1.82) is 0 Å². The van der Waals surface area contributed by atoms with Gasteiger partial charge in [0.15, 0.2) is 0 Å². The first kappa shape index (κ1) is 11.8. The smallest absolute Gasteiger partial charge is 0.318 e. The molecule has 0 aliphatic carbocycles. The maximum atomic E-state index is 10.7. The van der Waals surface area contributed by atoms with Crippen LogP contribution in [0, 0.1) is 0 Å². The molecule has 0 aromatic heterocycles. The van der Waals surface area contributed by atoms with Crippen molar-refractivity contribution in [2.45, 2.75) is 6.42 Å². The lowest BCUT2D eigenvalue weighted by molar-refractivity contribution is -0.136. The zero-order valence-corrected chi connectivity index (χ0v) is 7.60. The van der Waals surface area contributed by atoms with E-state index < -0.39 is 17.9 Å². The van der Waals surface area contributed by atoms with Gasteiger partial charge in [-0.2, -0.15) is 11.8 Å². The second-order valence-electron chi connectivity index (χ2n) is 2.11. The Hall–Kier alpha value is -1.24. The Morgan fingerprint density at radius 1 is 1.38 bits per heavy atom. The lowest BCUT2D eigenvalue weighted by Gasteiger charge is -1.99. The van der Waals surface area contributed by atoms with Crippen molar-refractivity contribution in [2.24, 2.45) is 5.73 Å². The van der Waals surface area contributed by atoms with Crippen molar-refractivity contribution >= 4 is 29.7 Å². The number of carbonyl (C=O) groups excluding carboxylic acids is 2. The molecule has 0 bridgehead atoms. The molecule has 0 fully saturated rings. The van der Waals surface area contributed by atoms with Crippen molar-refractivity contribution in [3.63, 3.8) is 0 Å². The van der Waals surface area contributed by atoms with Gasteiger partial charge in [0.2, 0.25) is 5.91 Å². The quantitative estimate of drug-likeness (QED) is 0.520. The van der Waals surface area contributed by atoms with E-state index in [0.29, 0.717) is 5.75 Å². The average molecular weight is 206 g/mol. The highest BCUT2D eigenvalue weighted by molar-refractivity contribution is 7.99. The van der Waals surface area contributed by atoms with Crippen LogP contribution in [0.5, 0.6) is 0 Å². The molecule has 0 saturated carbocycles. The highest BCUT2D eigenvalue weighted by Gasteiger charge is 2.04. The zero-order chi connectivity index (χ0) is 10.3. The fourth-order valence-corrected chi connectivity index (χ4v) is 1.22. The number of nitrogens with two attached hydrogens (primary N) is 1. The molecular formula is C6H10N2O4S. The number of rotatable bonds is 5. The maximum absolute atomic E-state index is 10.7. The largest absolute Gasteiger partial charge is 0.481 e. The van der Waals surface area contributed by atoms with Crippen LogP contribution in [-0.4, -0.2) is 34.5 Å². The van der Waals surface area contributed by atoms with Crippen LogP contribution in [0.4, 0.5) is 4.79 Å². The van der Waals surface area contributed by atoms with Crippen LogP contribution < -0.4 is 11.1 Å². The van der Waals surface area contributed by atoms with Gasteiger partial charge in [-0.15, -0.1) is 0 Å². The lowest BCUT2D eigenvalue weighted by atomic mass is 10.5. The summed E-state index contributed by atoms with van der Waals surface area (Å²) < 4.78 is 0. The molecule has 6 nitrogen and oxygen atoms in total. The molecule has 0 rings (SSSR count). The van der Waals surface area contributed by atoms with E-state index in [9.17, 15) is 14.4 Å². The molecule has 0 radical (unpaired) electrons. The fraction of sp³-hybridized carbons (Fsp3) is 0.500. The monoisotopic (exact) mass is 206 g/mol. The molecule has 74 valence electrons. The lowest BCUT2D eigenvalue weighted by Crippen LogP contribution is -2.36. The van der Waals surface area contributed by atoms with Gasteiger partial charge in [0.1, 0.15) is 0 Å². The van der Waals surface area contributed by atoms with Gasteiger partial charge < -0.3 is 10.8 Å². The van der Waals surface area contributed by atoms with Crippen molar-refractivity contribution in [2.75, 3.05) is 11.5 Å². The first-order chi connectivity index (χ1) is 6.02. The van der Waals surface area contributed by atoms with Gasteiger partial charge in [0.25, 0.3) is 0 Å². The third kappa shape index (κ3) is 8.67. The molecule has 0 aromatic carbocycles. The molecule has 3 amide bonds. The van der Waals surface area contributed by atoms with Gasteiger partial charge in [-0.05, 0) is 0 Å². The molecule has 0 saturated heterocycles. The van der Waals surface area contributed by atoms with Gasteiger partial charge in [-0.1, -0.05) is 0 Å². The van der Waals surface area contributed by atoms with Crippen LogP contribution in [0.1, 0.15) is 6.42 Å². The number of amides is 3. The minimum Gasteiger partial charge on any atom is -0.481 e. The Morgan fingerprint density at radius 2 is 2.00 bits per heavy atom. The van der Waals surface area contributed by atoms with Crippen LogP contribution in [-0.2, 0) is 9.59 Å². The minimum absolute atomic E-state index is 0.00544. The summed E-state index contributed by atoms with van der Waals surface area (Å²) in [4.78, 5) is 30.9. The van der Waals surface area contributed by atoms with E-state index in [-0.39, 0.29) is 12.2 Å². The highest BCUT2D eigenvalue weighted by Crippen LogP contribution is 2.01. The Bertz CT molecular complexity index is 219. The Labute approximate surface area is 78.9 Å². The van der Waals surface area contributed by atoms with E-state index in [1.807, 2.05) is 5.32 Å². The summed E-state index contributed by atoms with van der Waals surface area (Å²) in [7, 11) is 0. The van der Waals surface area contributed by atoms with Crippen molar-refractivity contribution < 1.29 is 19.5 Å². The summed E-state index contributed by atoms with van der Waals surface area (Å²) in [5.74, 6) is -1.05. The number of hydrogen-bond donors (Lipinski definition) is 3. The van der Waals surface area contributed by atoms with Gasteiger partial charge in [-0.25, -0.2) is 4.79 Å². The number of aliphatic carboxylic acids is 1. The van der Waals surface area contributed by atoms with E-state index in [1.165, 1.54) is 0 Å². The molecule has 0 atom stereocenters. The van der Waals surface area contributed by atoms with E-state index in [2.05, 4.69) is 5.73 Å². The third-order valence-corrected chi connectivity index (χ3v) is 1.92. The van der Waals surface area contributed by atoms with Gasteiger partial charge in [-0.3, -0.25) is 14.9 Å². The molecule has 0 aromatic rings. The molecule has 0 heterocycles. The second-order valence-corrected chi connectivity index (χ2v) is 3.21. The number of urea groups is 1. The summed E-state index contributed by atoms with van der Waals surface area (Å²) in [6, 6.07) is -0.899. The third-order valence-electron chi connectivity index (χ3n) is 0.956. The number of carboxylic acids is 1. The predicted octanol–water partition coefficient (Wildman–Crippen LogP) is -0.611. The van der Waals surface area contributed by atoms with Crippen molar-refractivity contribution in [3.05, 3.63) is 0 Å². The number of carboxylic acid groups (broad SMARTS) is 1. The molecular weight excluding hydrogens is 196 g/mol. The molecule has 13 heavy (non-hydrogen) atoms. The second kappa shape index (κ2) is 6.30. The van der Waals surface area contributed by atoms with Crippen LogP contribution >= 0.6 is 11.8 Å². The van der Waals surface area contributed by atoms with Gasteiger partial charge in [0.05, 0.1) is 12.2 Å². The molecule has 0 aliphatic rings.